The molecule has 48 heavy (non-hydrogen) atoms. The van der Waals surface area contributed by atoms with Crippen molar-refractivity contribution >= 4 is 22.8 Å². The molecular weight excluding hydrogens is 627 g/mol. The molecule has 0 N–H and O–H groups in total. The third kappa shape index (κ3) is 8.01. The van der Waals surface area contributed by atoms with Crippen LogP contribution in [0.4, 0.5) is 0 Å². The average Bonchev–Trinajstić information content (AvgIpc) is 3.84. The first-order chi connectivity index (χ1) is 22.7. The van der Waals surface area contributed by atoms with Crippen LogP contribution in [0.5, 0.6) is 0 Å². The van der Waals surface area contributed by atoms with E-state index in [1.807, 2.05) is 70.8 Å². The molecule has 4 heterocycles. The van der Waals surface area contributed by atoms with Crippen LogP contribution in [0.3, 0.4) is 0 Å². The normalized spacial score (nSPS) is 21.6. The molecule has 11 heteroatoms. The number of aromatic nitrogens is 3. The lowest BCUT2D eigenvalue weighted by molar-refractivity contribution is -0.130. The Kier molecular flexibility index (Phi) is 11.1. The van der Waals surface area contributed by atoms with Gasteiger partial charge in [0.15, 0.2) is 5.78 Å². The molecule has 0 bridgehead atoms. The maximum Gasteiger partial charge on any atom is 0.222 e. The number of carbonyl (C=O) groups excluding carboxylic acids is 2. The summed E-state index contributed by atoms with van der Waals surface area (Å²) in [6.07, 6.45) is 15.1. The van der Waals surface area contributed by atoms with E-state index in [0.717, 1.165) is 49.3 Å². The van der Waals surface area contributed by atoms with Crippen molar-refractivity contribution in [1.29, 1.82) is 0 Å². The van der Waals surface area contributed by atoms with Crippen molar-refractivity contribution < 1.29 is 18.4 Å². The van der Waals surface area contributed by atoms with Crippen LogP contribution in [0.1, 0.15) is 127 Å². The predicted octanol–water partition coefficient (Wildman–Crippen LogP) is 7.03. The maximum atomic E-state index is 13.8. The van der Waals surface area contributed by atoms with Gasteiger partial charge in [0.05, 0.1) is 6.33 Å². The summed E-state index contributed by atoms with van der Waals surface area (Å²) in [6, 6.07) is 9.19. The maximum absolute atomic E-state index is 13.8. The molecule has 2 aliphatic heterocycles. The van der Waals surface area contributed by atoms with E-state index in [-0.39, 0.29) is 46.5 Å². The molecule has 2 fully saturated rings. The van der Waals surface area contributed by atoms with Gasteiger partial charge in [0.1, 0.15) is 0 Å². The standard InChI is InChI=1S/C37H52N5O5S/c1-7-31(40-18-15-38-25-40)21-32(41-16-8-9-34(41)43)20-29(27-10-12-33(13-11-27)48(46)47)19-26(2)39-17-14-28(24-39)35(44)30-22-36(3,4)42(45)37(5,6)23-30/h10-15,17-18,24-26,29-32H,7-9,16,19-23H2,1-6H3,(H,46,47)/q-1/p-1. The van der Waals surface area contributed by atoms with Crippen LogP contribution < -0.4 is 0 Å². The highest BCUT2D eigenvalue weighted by molar-refractivity contribution is 7.79. The zero-order chi connectivity index (χ0) is 34.8. The summed E-state index contributed by atoms with van der Waals surface area (Å²) in [4.78, 5) is 33.5. The van der Waals surface area contributed by atoms with Crippen molar-refractivity contribution in [2.45, 2.75) is 133 Å². The molecule has 3 aromatic rings. The molecule has 5 rings (SSSR count). The Balaban J connectivity index is 1.39. The third-order valence-electron chi connectivity index (χ3n) is 10.7. The lowest BCUT2D eigenvalue weighted by atomic mass is 9.73. The number of nitrogens with zero attached hydrogens (tertiary/aromatic N) is 5. The summed E-state index contributed by atoms with van der Waals surface area (Å²) in [5.41, 5.74) is 0.437. The van der Waals surface area contributed by atoms with Gasteiger partial charge in [0.2, 0.25) is 5.91 Å². The number of piperidine rings is 1. The number of likely N-dealkylation sites (tertiary alicyclic amines) is 1. The number of Topliss-reactive ketones (excluding diaryl/α,β-unsaturated/α-hetero) is 1. The molecule has 2 aliphatic rings. The molecule has 0 saturated carbocycles. The Hall–Kier alpha value is -3.12. The molecule has 262 valence electrons. The molecule has 1 amide bonds. The second kappa shape index (κ2) is 14.8. The number of hydrogen-bond acceptors (Lipinski definition) is 7. The average molecular weight is 678 g/mol. The number of amides is 1. The Morgan fingerprint density at radius 3 is 2.25 bits per heavy atom. The van der Waals surface area contributed by atoms with Crippen LogP contribution in [-0.2, 0) is 15.9 Å². The van der Waals surface area contributed by atoms with Gasteiger partial charge in [-0.3, -0.25) is 13.8 Å². The monoisotopic (exact) mass is 677 g/mol. The highest BCUT2D eigenvalue weighted by Crippen LogP contribution is 2.42. The fourth-order valence-electron chi connectivity index (χ4n) is 8.30. The zero-order valence-electron chi connectivity index (χ0n) is 29.2. The van der Waals surface area contributed by atoms with Crippen molar-refractivity contribution in [3.63, 3.8) is 0 Å². The van der Waals surface area contributed by atoms with Crippen molar-refractivity contribution in [3.05, 3.63) is 77.8 Å². The van der Waals surface area contributed by atoms with Gasteiger partial charge in [-0.15, -0.1) is 0 Å². The van der Waals surface area contributed by atoms with Crippen LogP contribution in [0, 0.1) is 11.1 Å². The zero-order valence-corrected chi connectivity index (χ0v) is 30.0. The number of ketones is 1. The van der Waals surface area contributed by atoms with E-state index in [1.165, 1.54) is 0 Å². The van der Waals surface area contributed by atoms with Crippen LogP contribution in [0.2, 0.25) is 0 Å². The van der Waals surface area contributed by atoms with Crippen molar-refractivity contribution in [3.8, 4) is 0 Å². The first-order valence-electron chi connectivity index (χ1n) is 17.4. The van der Waals surface area contributed by atoms with Crippen molar-refractivity contribution in [2.24, 2.45) is 5.92 Å². The minimum atomic E-state index is -2.32. The molecule has 1 aromatic carbocycles. The number of benzene rings is 1. The molecule has 2 aromatic heterocycles. The predicted molar refractivity (Wildman–Crippen MR) is 186 cm³/mol. The summed E-state index contributed by atoms with van der Waals surface area (Å²) >= 11 is -2.32. The fraction of sp³-hybridized carbons (Fsp3) is 0.595. The number of hydroxylamine groups is 2. The molecule has 5 unspecified atom stereocenters. The fourth-order valence-corrected chi connectivity index (χ4v) is 8.66. The smallest absolute Gasteiger partial charge is 0.222 e. The number of imidazole rings is 1. The molecule has 0 spiro atoms. The topological polar surface area (TPSA) is 127 Å². The summed E-state index contributed by atoms with van der Waals surface area (Å²) in [6.45, 7) is 12.7. The van der Waals surface area contributed by atoms with E-state index in [0.29, 0.717) is 24.8 Å². The lowest BCUT2D eigenvalue weighted by Crippen LogP contribution is -2.58. The van der Waals surface area contributed by atoms with Crippen molar-refractivity contribution in [2.75, 3.05) is 6.54 Å². The Morgan fingerprint density at radius 2 is 1.69 bits per heavy atom. The highest BCUT2D eigenvalue weighted by Gasteiger charge is 2.43. The van der Waals surface area contributed by atoms with Gasteiger partial charge in [0, 0.05) is 83.3 Å². The first kappa shape index (κ1) is 36.2. The third-order valence-corrected chi connectivity index (χ3v) is 11.4. The van der Waals surface area contributed by atoms with Gasteiger partial charge in [-0.2, -0.15) is 0 Å². The van der Waals surface area contributed by atoms with E-state index in [4.69, 9.17) is 0 Å². The second-order valence-electron chi connectivity index (χ2n) is 15.2. The van der Waals surface area contributed by atoms with Crippen LogP contribution in [-0.4, -0.2) is 68.2 Å². The molecule has 10 nitrogen and oxygen atoms in total. The highest BCUT2D eigenvalue weighted by atomic mass is 32.2. The van der Waals surface area contributed by atoms with E-state index in [9.17, 15) is 23.6 Å². The Bertz CT molecular complexity index is 1550. The number of carbonyl (C=O) groups is 2. The Morgan fingerprint density at radius 1 is 1.00 bits per heavy atom. The van der Waals surface area contributed by atoms with Gasteiger partial charge in [-0.25, -0.2) is 4.98 Å². The molecule has 5 atom stereocenters. The van der Waals surface area contributed by atoms with E-state index in [1.54, 1.807) is 18.3 Å². The van der Waals surface area contributed by atoms with E-state index in [2.05, 4.69) is 32.9 Å². The van der Waals surface area contributed by atoms with E-state index >= 15 is 0 Å². The van der Waals surface area contributed by atoms with Gasteiger partial charge in [0.25, 0.3) is 0 Å². The summed E-state index contributed by atoms with van der Waals surface area (Å²) in [5.74, 6) is 0.0556. The summed E-state index contributed by atoms with van der Waals surface area (Å²) in [7, 11) is 0. The van der Waals surface area contributed by atoms with Crippen LogP contribution in [0.15, 0.2) is 66.3 Å². The minimum absolute atomic E-state index is 0.00161. The minimum Gasteiger partial charge on any atom is -0.784 e. The van der Waals surface area contributed by atoms with Crippen molar-refractivity contribution in [1.82, 2.24) is 24.1 Å². The van der Waals surface area contributed by atoms with E-state index < -0.39 is 22.2 Å². The second-order valence-corrected chi connectivity index (χ2v) is 16.2. The quantitative estimate of drug-likeness (QED) is 0.132. The SMILES string of the molecule is CCC(CC(CC(CC(C)n1ccc(C(=O)C2CC(C)(C)N([O-])C(C)(C)C2)c1)c1ccc(S(=O)[O-])cc1)N1CCCC1=O)n1ccnc1. The number of rotatable bonds is 14. The van der Waals surface area contributed by atoms with Gasteiger partial charge in [-0.1, -0.05) is 19.1 Å². The van der Waals surface area contributed by atoms with Crippen LogP contribution >= 0.6 is 0 Å². The van der Waals surface area contributed by atoms with Crippen LogP contribution in [0.25, 0.3) is 0 Å². The molecule has 0 radical (unpaired) electrons. The van der Waals surface area contributed by atoms with Gasteiger partial charge < -0.3 is 28.9 Å². The lowest BCUT2D eigenvalue weighted by Gasteiger charge is -2.59. The molecular formula is C37H51N5O5S-2. The molecule has 0 aliphatic carbocycles. The first-order valence-corrected chi connectivity index (χ1v) is 18.4. The number of hydrogen-bond donors (Lipinski definition) is 0. The van der Waals surface area contributed by atoms with Gasteiger partial charge in [-0.05, 0) is 120 Å². The largest absolute Gasteiger partial charge is 0.784 e. The Labute approximate surface area is 287 Å². The van der Waals surface area contributed by atoms with Gasteiger partial charge >= 0.3 is 0 Å². The summed E-state index contributed by atoms with van der Waals surface area (Å²) in [5, 5.41) is 14.0. The summed E-state index contributed by atoms with van der Waals surface area (Å²) < 4.78 is 27.5. The molecule has 2 saturated heterocycles.